The second kappa shape index (κ2) is 15.0. The lowest BCUT2D eigenvalue weighted by Gasteiger charge is -2.36. The Morgan fingerprint density at radius 3 is 2.56 bits per heavy atom. The summed E-state index contributed by atoms with van der Waals surface area (Å²) in [6.45, 7) is 7.68. The number of H-pyrrole nitrogens is 1. The molecule has 2 aliphatic rings. The second-order valence-corrected chi connectivity index (χ2v) is 13.0. The Balaban J connectivity index is 1.30. The maximum atomic E-state index is 16.7. The van der Waals surface area contributed by atoms with Crippen LogP contribution in [0.15, 0.2) is 73.2 Å². The Labute approximate surface area is 291 Å². The van der Waals surface area contributed by atoms with Crippen molar-refractivity contribution in [1.82, 2.24) is 24.8 Å². The third-order valence-corrected chi connectivity index (χ3v) is 9.50. The van der Waals surface area contributed by atoms with Crippen molar-refractivity contribution in [3.63, 3.8) is 0 Å². The van der Waals surface area contributed by atoms with Gasteiger partial charge in [-0.1, -0.05) is 44.2 Å². The number of hydrazine groups is 1. The molecule has 5 N–H and O–H groups in total. The van der Waals surface area contributed by atoms with Crippen LogP contribution in [0.2, 0.25) is 0 Å². The number of benzene rings is 2. The van der Waals surface area contributed by atoms with Crippen LogP contribution >= 0.6 is 0 Å². The highest BCUT2D eigenvalue weighted by atomic mass is 19.1. The quantitative estimate of drug-likeness (QED) is 0.156. The van der Waals surface area contributed by atoms with Gasteiger partial charge in [0.1, 0.15) is 17.3 Å². The first-order valence-corrected chi connectivity index (χ1v) is 17.0. The van der Waals surface area contributed by atoms with E-state index in [1.165, 1.54) is 23.0 Å². The topological polar surface area (TPSA) is 137 Å². The summed E-state index contributed by atoms with van der Waals surface area (Å²) < 4.78 is 22.4. The first-order valence-electron chi connectivity index (χ1n) is 17.0. The van der Waals surface area contributed by atoms with E-state index in [-0.39, 0.29) is 30.3 Å². The number of aromatic nitrogens is 2. The minimum atomic E-state index is -0.472. The number of fused-ring (bicyclic) bond motifs is 1. The highest BCUT2D eigenvalue weighted by Crippen LogP contribution is 2.40. The third kappa shape index (κ3) is 7.02. The SMILES string of the molecule is COc1ccccc1-c1cc(C2=CCCN(C(=O)CCN(N)/C=C\N)C2)c(F)c2[nH]c(C(=O)N3CCN(c4ncccc4C(C)C)CC3)cc12. The Morgan fingerprint density at radius 1 is 1.04 bits per heavy atom. The number of hydrogen-bond acceptors (Lipinski definition) is 8. The molecule has 2 aromatic heterocycles. The van der Waals surface area contributed by atoms with Gasteiger partial charge in [0.15, 0.2) is 5.82 Å². The van der Waals surface area contributed by atoms with E-state index < -0.39 is 5.82 Å². The number of methoxy groups -OCH3 is 1. The van der Waals surface area contributed by atoms with Crippen LogP contribution in [0, 0.1) is 5.82 Å². The van der Waals surface area contributed by atoms with Crippen molar-refractivity contribution in [2.24, 2.45) is 11.6 Å². The number of hydrogen-bond donors (Lipinski definition) is 3. The van der Waals surface area contributed by atoms with E-state index >= 15 is 4.39 Å². The molecule has 11 nitrogen and oxygen atoms in total. The van der Waals surface area contributed by atoms with Crippen LogP contribution in [-0.2, 0) is 4.79 Å². The second-order valence-electron chi connectivity index (χ2n) is 13.0. The van der Waals surface area contributed by atoms with E-state index in [0.717, 1.165) is 16.9 Å². The van der Waals surface area contributed by atoms with Crippen molar-refractivity contribution in [3.05, 3.63) is 95.8 Å². The van der Waals surface area contributed by atoms with Gasteiger partial charge in [-0.05, 0) is 53.3 Å². The number of carbonyl (C=O) groups is 2. The number of rotatable bonds is 10. The van der Waals surface area contributed by atoms with Gasteiger partial charge >= 0.3 is 0 Å². The van der Waals surface area contributed by atoms with Gasteiger partial charge in [0.05, 0.1) is 12.6 Å². The van der Waals surface area contributed by atoms with Crippen LogP contribution in [-0.4, -0.2) is 89.5 Å². The fraction of sp³-hybridized carbons (Fsp3) is 0.342. The average molecular weight is 681 g/mol. The fourth-order valence-corrected chi connectivity index (χ4v) is 6.83. The van der Waals surface area contributed by atoms with Crippen LogP contribution in [0.25, 0.3) is 27.6 Å². The number of amides is 2. The molecule has 0 spiro atoms. The average Bonchev–Trinajstić information content (AvgIpc) is 3.60. The first kappa shape index (κ1) is 34.5. The predicted molar refractivity (Wildman–Crippen MR) is 195 cm³/mol. The lowest BCUT2D eigenvalue weighted by atomic mass is 9.93. The van der Waals surface area contributed by atoms with E-state index in [9.17, 15) is 9.59 Å². The zero-order valence-electron chi connectivity index (χ0n) is 28.9. The zero-order chi connectivity index (χ0) is 35.4. The smallest absolute Gasteiger partial charge is 0.270 e. The lowest BCUT2D eigenvalue weighted by molar-refractivity contribution is -0.130. The summed E-state index contributed by atoms with van der Waals surface area (Å²) in [5.41, 5.74) is 9.69. The highest BCUT2D eigenvalue weighted by Gasteiger charge is 2.29. The molecule has 12 heteroatoms. The molecule has 50 heavy (non-hydrogen) atoms. The van der Waals surface area contributed by atoms with Crippen molar-refractivity contribution >= 4 is 34.1 Å². The number of nitrogens with one attached hydrogen (secondary N) is 1. The lowest BCUT2D eigenvalue weighted by Crippen LogP contribution is -2.49. The maximum absolute atomic E-state index is 16.7. The minimum absolute atomic E-state index is 0.0840. The van der Waals surface area contributed by atoms with Gasteiger partial charge in [-0.3, -0.25) is 9.59 Å². The largest absolute Gasteiger partial charge is 0.496 e. The summed E-state index contributed by atoms with van der Waals surface area (Å²) in [5, 5.41) is 1.94. The van der Waals surface area contributed by atoms with Gasteiger partial charge in [0, 0.05) is 87.3 Å². The molecule has 0 aliphatic carbocycles. The van der Waals surface area contributed by atoms with Crippen LogP contribution in [0.4, 0.5) is 10.2 Å². The number of piperazine rings is 1. The molecule has 0 saturated carbocycles. The summed E-state index contributed by atoms with van der Waals surface area (Å²) in [6.07, 6.45) is 7.37. The van der Waals surface area contributed by atoms with Crippen LogP contribution < -0.4 is 21.2 Å². The van der Waals surface area contributed by atoms with E-state index in [4.69, 9.17) is 16.3 Å². The highest BCUT2D eigenvalue weighted by molar-refractivity contribution is 6.05. The van der Waals surface area contributed by atoms with Gasteiger partial charge in [0.2, 0.25) is 5.91 Å². The standard InChI is InChI=1S/C38H45FN8O3/c1-25(2)27-10-6-14-42-37(27)44-18-20-45(21-19-44)38(49)32-23-31-30(28-9-4-5-11-33(28)50-3)22-29(35(39)36(31)43-32)26-8-7-15-46(24-26)34(48)12-16-47(41)17-13-40/h4-6,8-11,13-14,17,22-23,25,43H,7,12,15-16,18-21,24,40-41H2,1-3H3/b17-13-. The summed E-state index contributed by atoms with van der Waals surface area (Å²) in [7, 11) is 1.60. The van der Waals surface area contributed by atoms with E-state index in [1.54, 1.807) is 29.2 Å². The monoisotopic (exact) mass is 680 g/mol. The zero-order valence-corrected chi connectivity index (χ0v) is 28.9. The van der Waals surface area contributed by atoms with Crippen molar-refractivity contribution in [3.8, 4) is 16.9 Å². The number of nitrogens with zero attached hydrogens (tertiary/aromatic N) is 5. The Kier molecular flexibility index (Phi) is 10.4. The molecule has 2 aliphatic heterocycles. The molecule has 0 unspecified atom stereocenters. The molecule has 2 amide bonds. The van der Waals surface area contributed by atoms with Crippen molar-refractivity contribution in [2.45, 2.75) is 32.6 Å². The van der Waals surface area contributed by atoms with Crippen molar-refractivity contribution in [2.75, 3.05) is 57.8 Å². The molecule has 2 aromatic carbocycles. The maximum Gasteiger partial charge on any atom is 0.270 e. The third-order valence-electron chi connectivity index (χ3n) is 9.50. The number of anilines is 1. The number of carbonyl (C=O) groups excluding carboxylic acids is 2. The molecule has 4 heterocycles. The molecule has 1 fully saturated rings. The predicted octanol–water partition coefficient (Wildman–Crippen LogP) is 5.07. The van der Waals surface area contributed by atoms with Crippen molar-refractivity contribution in [1.29, 1.82) is 0 Å². The molecule has 0 bridgehead atoms. The molecule has 0 radical (unpaired) electrons. The molecule has 6 rings (SSSR count). The number of halogens is 1. The van der Waals surface area contributed by atoms with Gasteiger partial charge in [0.25, 0.3) is 5.91 Å². The minimum Gasteiger partial charge on any atom is -0.496 e. The summed E-state index contributed by atoms with van der Waals surface area (Å²) in [5.74, 6) is 7.02. The van der Waals surface area contributed by atoms with Gasteiger partial charge < -0.3 is 35.2 Å². The molecule has 1 saturated heterocycles. The normalized spacial score (nSPS) is 15.2. The van der Waals surface area contributed by atoms with E-state index in [0.29, 0.717) is 79.6 Å². The number of aromatic amines is 1. The Hall–Kier alpha value is -5.36. The summed E-state index contributed by atoms with van der Waals surface area (Å²) in [6, 6.07) is 15.2. The van der Waals surface area contributed by atoms with Gasteiger partial charge in [-0.15, -0.1) is 0 Å². The molecular formula is C38H45FN8O3. The van der Waals surface area contributed by atoms with Crippen LogP contribution in [0.5, 0.6) is 5.75 Å². The summed E-state index contributed by atoms with van der Waals surface area (Å²) >= 11 is 0. The molecule has 4 aromatic rings. The molecular weight excluding hydrogens is 635 g/mol. The van der Waals surface area contributed by atoms with Gasteiger partial charge in [-0.25, -0.2) is 15.2 Å². The molecule has 0 atom stereocenters. The number of nitrogens with two attached hydrogens (primary N) is 2. The van der Waals surface area contributed by atoms with Crippen molar-refractivity contribution < 1.29 is 18.7 Å². The Bertz CT molecular complexity index is 1930. The van der Waals surface area contributed by atoms with E-state index in [1.807, 2.05) is 42.5 Å². The van der Waals surface area contributed by atoms with Gasteiger partial charge in [-0.2, -0.15) is 0 Å². The van der Waals surface area contributed by atoms with Crippen LogP contribution in [0.3, 0.4) is 0 Å². The number of ether oxygens (including phenoxy) is 1. The first-order chi connectivity index (χ1) is 24.2. The van der Waals surface area contributed by atoms with E-state index in [2.05, 4.69) is 34.8 Å². The number of pyridine rings is 1. The molecule has 262 valence electrons. The fourth-order valence-electron chi connectivity index (χ4n) is 6.83. The van der Waals surface area contributed by atoms with Crippen LogP contribution in [0.1, 0.15) is 54.2 Å². The number of para-hydroxylation sites is 1. The Morgan fingerprint density at radius 2 is 1.82 bits per heavy atom. The summed E-state index contributed by atoms with van der Waals surface area (Å²) in [4.78, 5) is 40.6.